The smallest absolute Gasteiger partial charge is 0.0887 e. The minimum atomic E-state index is 0.673. The highest BCUT2D eigenvalue weighted by Crippen LogP contribution is 1.81. The monoisotopic (exact) mass is 127 g/mol. The fourth-order valence-corrected chi connectivity index (χ4v) is 0.618. The molecular formula is C7H15N2+. The molecule has 0 saturated heterocycles. The molecule has 2 N–H and O–H groups in total. The van der Waals surface area contributed by atoms with Crippen LogP contribution in [0.15, 0.2) is 0 Å². The van der Waals surface area contributed by atoms with Crippen molar-refractivity contribution in [2.75, 3.05) is 13.1 Å². The summed E-state index contributed by atoms with van der Waals surface area (Å²) in [6.45, 7) is 6.46. The van der Waals surface area contributed by atoms with Gasteiger partial charge in [-0.25, -0.2) is 0 Å². The van der Waals surface area contributed by atoms with Gasteiger partial charge in [-0.15, -0.1) is 0 Å². The summed E-state index contributed by atoms with van der Waals surface area (Å²) in [6.07, 6.45) is 0.673. The maximum absolute atomic E-state index is 8.16. The van der Waals surface area contributed by atoms with Gasteiger partial charge in [-0.3, -0.25) is 0 Å². The second kappa shape index (κ2) is 5.58. The molecule has 0 aliphatic carbocycles. The summed E-state index contributed by atoms with van der Waals surface area (Å²) in [5, 5.41) is 10.3. The summed E-state index contributed by atoms with van der Waals surface area (Å²) in [7, 11) is 0. The summed E-state index contributed by atoms with van der Waals surface area (Å²) in [6, 6.07) is 2.11. The highest BCUT2D eigenvalue weighted by Gasteiger charge is 1.93. The molecular weight excluding hydrogens is 112 g/mol. The van der Waals surface area contributed by atoms with Crippen LogP contribution in [-0.4, -0.2) is 13.1 Å². The molecule has 0 radical (unpaired) electrons. The van der Waals surface area contributed by atoms with Crippen LogP contribution in [0.25, 0.3) is 0 Å². The number of hydrogen-bond donors (Lipinski definition) is 1. The third-order valence-electron chi connectivity index (χ3n) is 1.10. The van der Waals surface area contributed by atoms with Crippen molar-refractivity contribution in [3.63, 3.8) is 0 Å². The fraction of sp³-hybridized carbons (Fsp3) is 0.857. The van der Waals surface area contributed by atoms with Crippen LogP contribution in [0.4, 0.5) is 0 Å². The van der Waals surface area contributed by atoms with Gasteiger partial charge in [0.05, 0.1) is 25.6 Å². The Kier molecular flexibility index (Phi) is 5.24. The summed E-state index contributed by atoms with van der Waals surface area (Å²) < 4.78 is 0. The molecule has 0 aliphatic rings. The van der Waals surface area contributed by atoms with Gasteiger partial charge in [-0.1, -0.05) is 13.8 Å². The Hall–Kier alpha value is -0.550. The average Bonchev–Trinajstić information content (AvgIpc) is 1.80. The predicted molar refractivity (Wildman–Crippen MR) is 36.7 cm³/mol. The normalized spacial score (nSPS) is 9.56. The van der Waals surface area contributed by atoms with E-state index in [1.165, 1.54) is 0 Å². The van der Waals surface area contributed by atoms with E-state index in [4.69, 9.17) is 5.26 Å². The molecule has 0 aromatic rings. The molecule has 9 heavy (non-hydrogen) atoms. The standard InChI is InChI=1S/C7H14N2/c1-7(2)6-9-5-3-4-8/h7,9H,3,5-6H2,1-2H3/p+1. The minimum absolute atomic E-state index is 0.673. The lowest BCUT2D eigenvalue weighted by molar-refractivity contribution is -0.658. The van der Waals surface area contributed by atoms with Gasteiger partial charge in [0.2, 0.25) is 0 Å². The van der Waals surface area contributed by atoms with Crippen LogP contribution >= 0.6 is 0 Å². The quantitative estimate of drug-likeness (QED) is 0.535. The van der Waals surface area contributed by atoms with E-state index < -0.39 is 0 Å². The zero-order chi connectivity index (χ0) is 7.11. The molecule has 2 heteroatoms. The van der Waals surface area contributed by atoms with Gasteiger partial charge < -0.3 is 5.32 Å². The molecule has 0 aliphatic heterocycles. The number of nitrogens with zero attached hydrogens (tertiary/aromatic N) is 1. The molecule has 0 spiro atoms. The van der Waals surface area contributed by atoms with Crippen LogP contribution in [0.5, 0.6) is 0 Å². The van der Waals surface area contributed by atoms with Crippen molar-refractivity contribution in [1.82, 2.24) is 0 Å². The molecule has 0 heterocycles. The van der Waals surface area contributed by atoms with Crippen LogP contribution in [-0.2, 0) is 0 Å². The number of nitriles is 1. The van der Waals surface area contributed by atoms with Gasteiger partial charge in [0.1, 0.15) is 0 Å². The zero-order valence-electron chi connectivity index (χ0n) is 6.22. The maximum atomic E-state index is 8.16. The molecule has 52 valence electrons. The van der Waals surface area contributed by atoms with E-state index >= 15 is 0 Å². The number of quaternary nitrogens is 1. The van der Waals surface area contributed by atoms with E-state index in [-0.39, 0.29) is 0 Å². The van der Waals surface area contributed by atoms with E-state index in [2.05, 4.69) is 25.2 Å². The number of hydrogen-bond acceptors (Lipinski definition) is 1. The zero-order valence-corrected chi connectivity index (χ0v) is 6.22. The Morgan fingerprint density at radius 2 is 2.22 bits per heavy atom. The van der Waals surface area contributed by atoms with Crippen molar-refractivity contribution in [3.05, 3.63) is 0 Å². The van der Waals surface area contributed by atoms with Crippen LogP contribution < -0.4 is 5.32 Å². The summed E-state index contributed by atoms with van der Waals surface area (Å²) in [4.78, 5) is 0. The van der Waals surface area contributed by atoms with Gasteiger partial charge in [0.25, 0.3) is 0 Å². The van der Waals surface area contributed by atoms with Crippen molar-refractivity contribution in [2.24, 2.45) is 5.92 Å². The Morgan fingerprint density at radius 3 is 2.67 bits per heavy atom. The van der Waals surface area contributed by atoms with Gasteiger partial charge in [-0.05, 0) is 0 Å². The second-order valence-corrected chi connectivity index (χ2v) is 2.62. The van der Waals surface area contributed by atoms with Crippen LogP contribution in [0.2, 0.25) is 0 Å². The van der Waals surface area contributed by atoms with E-state index in [1.54, 1.807) is 0 Å². The Balaban J connectivity index is 2.85. The van der Waals surface area contributed by atoms with E-state index in [0.717, 1.165) is 19.0 Å². The van der Waals surface area contributed by atoms with E-state index in [1.807, 2.05) is 0 Å². The lowest BCUT2D eigenvalue weighted by atomic mass is 10.2. The Bertz CT molecular complexity index is 91.6. The topological polar surface area (TPSA) is 40.4 Å². The molecule has 0 saturated carbocycles. The average molecular weight is 127 g/mol. The second-order valence-electron chi connectivity index (χ2n) is 2.62. The van der Waals surface area contributed by atoms with Crippen molar-refractivity contribution in [1.29, 1.82) is 5.26 Å². The first-order valence-corrected chi connectivity index (χ1v) is 3.46. The molecule has 0 bridgehead atoms. The van der Waals surface area contributed by atoms with Crippen molar-refractivity contribution < 1.29 is 5.32 Å². The van der Waals surface area contributed by atoms with Crippen LogP contribution in [0, 0.1) is 17.2 Å². The highest BCUT2D eigenvalue weighted by molar-refractivity contribution is 4.65. The molecule has 0 amide bonds. The van der Waals surface area contributed by atoms with Gasteiger partial charge >= 0.3 is 0 Å². The summed E-state index contributed by atoms with van der Waals surface area (Å²) >= 11 is 0. The summed E-state index contributed by atoms with van der Waals surface area (Å²) in [5.41, 5.74) is 0. The first-order chi connectivity index (χ1) is 4.27. The number of rotatable bonds is 4. The Morgan fingerprint density at radius 1 is 1.56 bits per heavy atom. The van der Waals surface area contributed by atoms with E-state index in [9.17, 15) is 0 Å². The molecule has 0 atom stereocenters. The third-order valence-corrected chi connectivity index (χ3v) is 1.10. The molecule has 0 fully saturated rings. The van der Waals surface area contributed by atoms with Crippen LogP contribution in [0.3, 0.4) is 0 Å². The summed E-state index contributed by atoms with van der Waals surface area (Å²) in [5.74, 6) is 0.740. The van der Waals surface area contributed by atoms with Crippen LogP contribution in [0.1, 0.15) is 20.3 Å². The van der Waals surface area contributed by atoms with Crippen molar-refractivity contribution in [2.45, 2.75) is 20.3 Å². The first kappa shape index (κ1) is 8.45. The lowest BCUT2D eigenvalue weighted by Crippen LogP contribution is -2.85. The van der Waals surface area contributed by atoms with Crippen molar-refractivity contribution >= 4 is 0 Å². The molecule has 0 aromatic heterocycles. The first-order valence-electron chi connectivity index (χ1n) is 3.46. The van der Waals surface area contributed by atoms with Crippen molar-refractivity contribution in [3.8, 4) is 6.07 Å². The predicted octanol–water partition coefficient (Wildman–Crippen LogP) is 0.119. The maximum Gasteiger partial charge on any atom is 0.0887 e. The fourth-order valence-electron chi connectivity index (χ4n) is 0.618. The Labute approximate surface area is 56.9 Å². The van der Waals surface area contributed by atoms with Gasteiger partial charge in [0.15, 0.2) is 0 Å². The largest absolute Gasteiger partial charge is 0.345 e. The van der Waals surface area contributed by atoms with Gasteiger partial charge in [-0.2, -0.15) is 5.26 Å². The van der Waals surface area contributed by atoms with Gasteiger partial charge in [0, 0.05) is 5.92 Å². The third kappa shape index (κ3) is 7.45. The molecule has 0 aromatic carbocycles. The minimum Gasteiger partial charge on any atom is -0.345 e. The number of nitrogens with two attached hydrogens (primary N) is 1. The molecule has 2 nitrogen and oxygen atoms in total. The molecule has 0 rings (SSSR count). The highest BCUT2D eigenvalue weighted by atomic mass is 14.8. The van der Waals surface area contributed by atoms with E-state index in [0.29, 0.717) is 6.42 Å². The lowest BCUT2D eigenvalue weighted by Gasteiger charge is -2.00. The SMILES string of the molecule is CC(C)C[NH2+]CCC#N. The molecule has 0 unspecified atom stereocenters.